The highest BCUT2D eigenvalue weighted by Gasteiger charge is 2.11. The SMILES string of the molecule is O=C(Nc1ccccc1)Oc1cc2ccccc2oc1=O. The average Bonchev–Trinajstić information content (AvgIpc) is 2.49. The standard InChI is InChI=1S/C16H11NO4/c18-15-14(10-11-6-4-5-9-13(11)20-15)21-16(19)17-12-7-2-1-3-8-12/h1-10H,(H,17,19). The predicted octanol–water partition coefficient (Wildman–Crippen LogP) is 3.40. The number of carbonyl (C=O) groups excluding carboxylic acids is 1. The summed E-state index contributed by atoms with van der Waals surface area (Å²) in [6.45, 7) is 0. The molecule has 3 aromatic rings. The molecule has 1 aromatic heterocycles. The van der Waals surface area contributed by atoms with E-state index in [1.807, 2.05) is 6.07 Å². The Balaban J connectivity index is 1.83. The van der Waals surface area contributed by atoms with Crippen LogP contribution in [0.4, 0.5) is 10.5 Å². The smallest absolute Gasteiger partial charge is 0.417 e. The summed E-state index contributed by atoms with van der Waals surface area (Å²) in [5.74, 6) is -0.151. The first-order valence-electron chi connectivity index (χ1n) is 6.29. The normalized spacial score (nSPS) is 10.3. The zero-order valence-corrected chi connectivity index (χ0v) is 10.9. The molecular formula is C16H11NO4. The van der Waals surface area contributed by atoms with Crippen molar-refractivity contribution in [1.29, 1.82) is 0 Å². The lowest BCUT2D eigenvalue weighted by Gasteiger charge is -2.06. The molecule has 0 aliphatic heterocycles. The lowest BCUT2D eigenvalue weighted by atomic mass is 10.2. The summed E-state index contributed by atoms with van der Waals surface area (Å²) in [5.41, 5.74) is 0.322. The summed E-state index contributed by atoms with van der Waals surface area (Å²) in [6.07, 6.45) is -0.746. The average molecular weight is 281 g/mol. The van der Waals surface area contributed by atoms with Gasteiger partial charge < -0.3 is 9.15 Å². The number of anilines is 1. The van der Waals surface area contributed by atoms with Gasteiger partial charge in [-0.05, 0) is 24.3 Å². The Morgan fingerprint density at radius 3 is 2.52 bits per heavy atom. The topological polar surface area (TPSA) is 68.5 Å². The molecule has 3 rings (SSSR count). The summed E-state index contributed by atoms with van der Waals surface area (Å²) in [4.78, 5) is 23.5. The molecule has 0 saturated carbocycles. The van der Waals surface area contributed by atoms with Gasteiger partial charge in [0.05, 0.1) is 0 Å². The number of nitrogens with one attached hydrogen (secondary N) is 1. The summed E-state index contributed by atoms with van der Waals surface area (Å²) in [6, 6.07) is 17.3. The fourth-order valence-electron chi connectivity index (χ4n) is 1.88. The number of ether oxygens (including phenoxy) is 1. The quantitative estimate of drug-likeness (QED) is 0.731. The maximum Gasteiger partial charge on any atom is 0.417 e. The van der Waals surface area contributed by atoms with E-state index in [9.17, 15) is 9.59 Å². The summed E-state index contributed by atoms with van der Waals surface area (Å²) in [5, 5.41) is 3.20. The lowest BCUT2D eigenvalue weighted by Crippen LogP contribution is -2.20. The molecule has 0 aliphatic carbocycles. The van der Waals surface area contributed by atoms with Crippen LogP contribution >= 0.6 is 0 Å². The molecular weight excluding hydrogens is 270 g/mol. The van der Waals surface area contributed by atoms with Crippen molar-refractivity contribution in [2.75, 3.05) is 5.32 Å². The molecule has 0 atom stereocenters. The van der Waals surface area contributed by atoms with E-state index < -0.39 is 11.7 Å². The van der Waals surface area contributed by atoms with Crippen LogP contribution < -0.4 is 15.7 Å². The minimum atomic E-state index is -0.746. The second-order valence-corrected chi connectivity index (χ2v) is 4.32. The predicted molar refractivity (Wildman–Crippen MR) is 78.6 cm³/mol. The Hall–Kier alpha value is -3.08. The Morgan fingerprint density at radius 1 is 1.00 bits per heavy atom. The van der Waals surface area contributed by atoms with Gasteiger partial charge in [-0.3, -0.25) is 5.32 Å². The van der Waals surface area contributed by atoms with Crippen molar-refractivity contribution >= 4 is 22.7 Å². The molecule has 1 N–H and O–H groups in total. The van der Waals surface area contributed by atoms with E-state index in [1.165, 1.54) is 6.07 Å². The zero-order chi connectivity index (χ0) is 14.7. The molecule has 0 spiro atoms. The van der Waals surface area contributed by atoms with Gasteiger partial charge in [0.2, 0.25) is 5.75 Å². The van der Waals surface area contributed by atoms with Gasteiger partial charge in [-0.15, -0.1) is 0 Å². The molecule has 5 nitrogen and oxygen atoms in total. The Morgan fingerprint density at radius 2 is 1.71 bits per heavy atom. The van der Waals surface area contributed by atoms with Crippen LogP contribution in [0.2, 0.25) is 0 Å². The lowest BCUT2D eigenvalue weighted by molar-refractivity contribution is 0.213. The molecule has 0 radical (unpaired) electrons. The van der Waals surface area contributed by atoms with Gasteiger partial charge in [-0.1, -0.05) is 36.4 Å². The van der Waals surface area contributed by atoms with Crippen LogP contribution in [-0.4, -0.2) is 6.09 Å². The summed E-state index contributed by atoms with van der Waals surface area (Å²) < 4.78 is 10.1. The highest BCUT2D eigenvalue weighted by Crippen LogP contribution is 2.17. The van der Waals surface area contributed by atoms with Gasteiger partial charge in [0.1, 0.15) is 5.58 Å². The molecule has 0 aliphatic rings. The minimum Gasteiger partial charge on any atom is -0.420 e. The van der Waals surface area contributed by atoms with Gasteiger partial charge in [0.15, 0.2) is 0 Å². The first kappa shape index (κ1) is 12.9. The Kier molecular flexibility index (Phi) is 3.39. The van der Waals surface area contributed by atoms with Gasteiger partial charge in [-0.25, -0.2) is 9.59 Å². The maximum atomic E-state index is 11.8. The second-order valence-electron chi connectivity index (χ2n) is 4.32. The van der Waals surface area contributed by atoms with Crippen molar-refractivity contribution in [1.82, 2.24) is 0 Å². The maximum absolute atomic E-state index is 11.8. The number of benzene rings is 2. The van der Waals surface area contributed by atoms with Crippen LogP contribution in [0, 0.1) is 0 Å². The van der Waals surface area contributed by atoms with Gasteiger partial charge >= 0.3 is 11.7 Å². The largest absolute Gasteiger partial charge is 0.420 e. The molecule has 21 heavy (non-hydrogen) atoms. The molecule has 0 unspecified atom stereocenters. The van der Waals surface area contributed by atoms with Crippen molar-refractivity contribution in [3.8, 4) is 5.75 Å². The molecule has 1 heterocycles. The number of amides is 1. The first-order chi connectivity index (χ1) is 10.2. The Bertz CT molecular complexity index is 840. The molecule has 2 aromatic carbocycles. The highest BCUT2D eigenvalue weighted by atomic mass is 16.6. The summed E-state index contributed by atoms with van der Waals surface area (Å²) >= 11 is 0. The van der Waals surface area contributed by atoms with Crippen LogP contribution in [0.25, 0.3) is 11.0 Å². The number of hydrogen-bond acceptors (Lipinski definition) is 4. The molecule has 5 heteroatoms. The minimum absolute atomic E-state index is 0.151. The second kappa shape index (κ2) is 5.50. The third-order valence-electron chi connectivity index (χ3n) is 2.83. The van der Waals surface area contributed by atoms with Gasteiger partial charge in [0.25, 0.3) is 0 Å². The van der Waals surface area contributed by atoms with Crippen molar-refractivity contribution < 1.29 is 13.9 Å². The van der Waals surface area contributed by atoms with Crippen LogP contribution in [0.1, 0.15) is 0 Å². The van der Waals surface area contributed by atoms with E-state index in [2.05, 4.69) is 5.32 Å². The fourth-order valence-corrected chi connectivity index (χ4v) is 1.88. The summed E-state index contributed by atoms with van der Waals surface area (Å²) in [7, 11) is 0. The molecule has 0 saturated heterocycles. The zero-order valence-electron chi connectivity index (χ0n) is 10.9. The van der Waals surface area contributed by atoms with Crippen LogP contribution in [0.15, 0.2) is 69.9 Å². The van der Waals surface area contributed by atoms with E-state index in [-0.39, 0.29) is 5.75 Å². The van der Waals surface area contributed by atoms with Crippen molar-refractivity contribution in [2.24, 2.45) is 0 Å². The van der Waals surface area contributed by atoms with E-state index in [1.54, 1.807) is 48.5 Å². The van der Waals surface area contributed by atoms with Crippen LogP contribution in [-0.2, 0) is 0 Å². The number of hydrogen-bond donors (Lipinski definition) is 1. The van der Waals surface area contributed by atoms with E-state index in [0.717, 1.165) is 0 Å². The third-order valence-corrected chi connectivity index (χ3v) is 2.83. The van der Waals surface area contributed by atoms with E-state index in [0.29, 0.717) is 16.7 Å². The molecule has 1 amide bonds. The fraction of sp³-hybridized carbons (Fsp3) is 0. The van der Waals surface area contributed by atoms with Crippen molar-refractivity contribution in [3.05, 3.63) is 71.1 Å². The van der Waals surface area contributed by atoms with Gasteiger partial charge in [0, 0.05) is 11.1 Å². The number of carbonyl (C=O) groups is 1. The monoisotopic (exact) mass is 281 g/mol. The molecule has 0 bridgehead atoms. The van der Waals surface area contributed by atoms with Gasteiger partial charge in [-0.2, -0.15) is 0 Å². The van der Waals surface area contributed by atoms with Crippen LogP contribution in [0.3, 0.4) is 0 Å². The first-order valence-corrected chi connectivity index (χ1v) is 6.29. The van der Waals surface area contributed by atoms with Crippen molar-refractivity contribution in [2.45, 2.75) is 0 Å². The van der Waals surface area contributed by atoms with E-state index >= 15 is 0 Å². The highest BCUT2D eigenvalue weighted by molar-refractivity contribution is 5.87. The van der Waals surface area contributed by atoms with E-state index in [4.69, 9.17) is 9.15 Å². The third kappa shape index (κ3) is 2.92. The number of para-hydroxylation sites is 2. The Labute approximate surface area is 119 Å². The van der Waals surface area contributed by atoms with Crippen molar-refractivity contribution in [3.63, 3.8) is 0 Å². The molecule has 104 valence electrons. The number of rotatable bonds is 2. The molecule has 0 fully saturated rings. The number of fused-ring (bicyclic) bond motifs is 1. The van der Waals surface area contributed by atoms with Crippen LogP contribution in [0.5, 0.6) is 5.75 Å².